The van der Waals surface area contributed by atoms with E-state index in [1.807, 2.05) is 24.3 Å². The average Bonchev–Trinajstić information content (AvgIpc) is 2.33. The first kappa shape index (κ1) is 16.1. The lowest BCUT2D eigenvalue weighted by atomic mass is 10.2. The van der Waals surface area contributed by atoms with Crippen molar-refractivity contribution in [1.29, 1.82) is 0 Å². The fourth-order valence-corrected chi connectivity index (χ4v) is 2.41. The molecule has 1 unspecified atom stereocenters. The summed E-state index contributed by atoms with van der Waals surface area (Å²) in [7, 11) is -3.12. The molecule has 1 aromatic rings. The fourth-order valence-electron chi connectivity index (χ4n) is 1.33. The third-order valence-corrected chi connectivity index (χ3v) is 4.18. The van der Waals surface area contributed by atoms with Crippen molar-refractivity contribution in [1.82, 2.24) is 0 Å². The van der Waals surface area contributed by atoms with E-state index in [1.165, 1.54) is 0 Å². The number of benzene rings is 1. The van der Waals surface area contributed by atoms with Crippen molar-refractivity contribution in [3.05, 3.63) is 34.3 Å². The lowest BCUT2D eigenvalue weighted by Gasteiger charge is -2.11. The van der Waals surface area contributed by atoms with Gasteiger partial charge in [0.25, 0.3) is 0 Å². The molecule has 1 rings (SSSR count). The number of ether oxygens (including phenoxy) is 1. The second kappa shape index (κ2) is 7.02. The SMILES string of the molecule is CS(=O)(=O)CCC(N)C(=O)OCc1ccccc1Br. The molecule has 0 aliphatic carbocycles. The monoisotopic (exact) mass is 349 g/mol. The van der Waals surface area contributed by atoms with E-state index in [0.717, 1.165) is 16.3 Å². The van der Waals surface area contributed by atoms with Gasteiger partial charge in [-0.1, -0.05) is 34.1 Å². The van der Waals surface area contributed by atoms with Gasteiger partial charge in [-0.3, -0.25) is 4.79 Å². The van der Waals surface area contributed by atoms with Crippen LogP contribution in [0.2, 0.25) is 0 Å². The Morgan fingerprint density at radius 2 is 2.05 bits per heavy atom. The van der Waals surface area contributed by atoms with Gasteiger partial charge in [-0.15, -0.1) is 0 Å². The Labute approximate surface area is 121 Å². The second-order valence-electron chi connectivity index (χ2n) is 4.22. The molecule has 1 atom stereocenters. The van der Waals surface area contributed by atoms with Gasteiger partial charge >= 0.3 is 5.97 Å². The van der Waals surface area contributed by atoms with Crippen LogP contribution in [-0.2, 0) is 26.0 Å². The summed E-state index contributed by atoms with van der Waals surface area (Å²) in [5.41, 5.74) is 6.40. The van der Waals surface area contributed by atoms with Crippen molar-refractivity contribution < 1.29 is 17.9 Å². The largest absolute Gasteiger partial charge is 0.460 e. The number of halogens is 1. The van der Waals surface area contributed by atoms with Crippen LogP contribution in [0.1, 0.15) is 12.0 Å². The Bertz CT molecular complexity index is 544. The first-order valence-corrected chi connectivity index (χ1v) is 8.48. The summed E-state index contributed by atoms with van der Waals surface area (Å²) in [5, 5.41) is 0. The smallest absolute Gasteiger partial charge is 0.323 e. The van der Waals surface area contributed by atoms with E-state index < -0.39 is 21.8 Å². The normalized spacial score (nSPS) is 13.0. The summed E-state index contributed by atoms with van der Waals surface area (Å²) in [4.78, 5) is 11.6. The van der Waals surface area contributed by atoms with Crippen LogP contribution in [0.3, 0.4) is 0 Å². The van der Waals surface area contributed by atoms with Gasteiger partial charge in [-0.05, 0) is 12.5 Å². The van der Waals surface area contributed by atoms with Crippen LogP contribution in [0.5, 0.6) is 0 Å². The molecule has 0 aliphatic heterocycles. The molecule has 0 fully saturated rings. The van der Waals surface area contributed by atoms with Crippen LogP contribution >= 0.6 is 15.9 Å². The van der Waals surface area contributed by atoms with Crippen LogP contribution in [0.15, 0.2) is 28.7 Å². The Balaban J connectivity index is 2.45. The number of carbonyl (C=O) groups excluding carboxylic acids is 1. The van der Waals surface area contributed by atoms with Gasteiger partial charge in [0.1, 0.15) is 22.5 Å². The molecule has 5 nitrogen and oxygen atoms in total. The zero-order chi connectivity index (χ0) is 14.5. The molecule has 0 aromatic heterocycles. The first-order chi connectivity index (χ1) is 8.79. The number of hydrogen-bond donors (Lipinski definition) is 1. The highest BCUT2D eigenvalue weighted by Crippen LogP contribution is 2.16. The molecule has 0 spiro atoms. The topological polar surface area (TPSA) is 86.5 Å². The Kier molecular flexibility index (Phi) is 5.96. The van der Waals surface area contributed by atoms with Gasteiger partial charge in [0, 0.05) is 16.3 Å². The molecule has 0 bridgehead atoms. The van der Waals surface area contributed by atoms with Crippen LogP contribution in [0.25, 0.3) is 0 Å². The van der Waals surface area contributed by atoms with E-state index in [0.29, 0.717) is 0 Å². The number of esters is 1. The lowest BCUT2D eigenvalue weighted by Crippen LogP contribution is -2.34. The highest BCUT2D eigenvalue weighted by molar-refractivity contribution is 9.10. The molecular formula is C12H16BrNO4S. The quantitative estimate of drug-likeness (QED) is 0.781. The average molecular weight is 350 g/mol. The van der Waals surface area contributed by atoms with E-state index >= 15 is 0 Å². The Morgan fingerprint density at radius 1 is 1.42 bits per heavy atom. The summed E-state index contributed by atoms with van der Waals surface area (Å²) < 4.78 is 27.8. The van der Waals surface area contributed by atoms with E-state index in [2.05, 4.69) is 15.9 Å². The number of rotatable bonds is 6. The van der Waals surface area contributed by atoms with Crippen LogP contribution in [0, 0.1) is 0 Å². The van der Waals surface area contributed by atoms with Crippen LogP contribution in [-0.4, -0.2) is 32.4 Å². The Morgan fingerprint density at radius 3 is 2.63 bits per heavy atom. The minimum atomic E-state index is -3.12. The third kappa shape index (κ3) is 6.17. The summed E-state index contributed by atoms with van der Waals surface area (Å²) in [6, 6.07) is 6.42. The molecule has 0 radical (unpaired) electrons. The first-order valence-electron chi connectivity index (χ1n) is 5.63. The van der Waals surface area contributed by atoms with Gasteiger partial charge in [0.2, 0.25) is 0 Å². The lowest BCUT2D eigenvalue weighted by molar-refractivity contribution is -0.146. The summed E-state index contributed by atoms with van der Waals surface area (Å²) in [6.07, 6.45) is 1.17. The van der Waals surface area contributed by atoms with Crippen molar-refractivity contribution in [2.24, 2.45) is 5.73 Å². The van der Waals surface area contributed by atoms with E-state index in [4.69, 9.17) is 10.5 Å². The number of nitrogens with two attached hydrogens (primary N) is 1. The predicted molar refractivity (Wildman–Crippen MR) is 76.2 cm³/mol. The van der Waals surface area contributed by atoms with Crippen molar-refractivity contribution in [3.8, 4) is 0 Å². The molecule has 0 aliphatic rings. The molecule has 7 heteroatoms. The van der Waals surface area contributed by atoms with Gasteiger partial charge in [-0.25, -0.2) is 8.42 Å². The minimum Gasteiger partial charge on any atom is -0.460 e. The maximum Gasteiger partial charge on any atom is 0.323 e. The molecule has 2 N–H and O–H groups in total. The van der Waals surface area contributed by atoms with E-state index in [9.17, 15) is 13.2 Å². The molecule has 0 amide bonds. The van der Waals surface area contributed by atoms with Gasteiger partial charge in [0.15, 0.2) is 0 Å². The van der Waals surface area contributed by atoms with Crippen molar-refractivity contribution in [3.63, 3.8) is 0 Å². The molecule has 0 heterocycles. The Hall–Kier alpha value is -0.920. The summed E-state index contributed by atoms with van der Waals surface area (Å²) in [5.74, 6) is -0.724. The standard InChI is InChI=1S/C12H16BrNO4S/c1-19(16,17)7-6-11(14)12(15)18-8-9-4-2-3-5-10(9)13/h2-5,11H,6-8,14H2,1H3. The minimum absolute atomic E-state index is 0.0631. The molecule has 0 saturated carbocycles. The highest BCUT2D eigenvalue weighted by atomic mass is 79.9. The van der Waals surface area contributed by atoms with E-state index in [1.54, 1.807) is 0 Å². The van der Waals surface area contributed by atoms with E-state index in [-0.39, 0.29) is 18.8 Å². The van der Waals surface area contributed by atoms with Crippen LogP contribution < -0.4 is 5.73 Å². The van der Waals surface area contributed by atoms with Gasteiger partial charge in [-0.2, -0.15) is 0 Å². The molecule has 106 valence electrons. The van der Waals surface area contributed by atoms with Crippen LogP contribution in [0.4, 0.5) is 0 Å². The van der Waals surface area contributed by atoms with Gasteiger partial charge in [0.05, 0.1) is 5.75 Å². The highest BCUT2D eigenvalue weighted by Gasteiger charge is 2.17. The van der Waals surface area contributed by atoms with Crippen molar-refractivity contribution in [2.75, 3.05) is 12.0 Å². The molecule has 0 saturated heterocycles. The van der Waals surface area contributed by atoms with Gasteiger partial charge < -0.3 is 10.5 Å². The predicted octanol–water partition coefficient (Wildman–Crippen LogP) is 1.25. The fraction of sp³-hybridized carbons (Fsp3) is 0.417. The summed E-state index contributed by atoms with van der Waals surface area (Å²) in [6.45, 7) is 0.104. The molecule has 19 heavy (non-hydrogen) atoms. The number of sulfone groups is 1. The number of carbonyl (C=O) groups is 1. The molecule has 1 aromatic carbocycles. The van der Waals surface area contributed by atoms with Crippen molar-refractivity contribution >= 4 is 31.7 Å². The zero-order valence-electron chi connectivity index (χ0n) is 10.5. The summed E-state index contributed by atoms with van der Waals surface area (Å²) >= 11 is 3.34. The third-order valence-electron chi connectivity index (χ3n) is 2.43. The maximum atomic E-state index is 11.6. The maximum absolute atomic E-state index is 11.6. The zero-order valence-corrected chi connectivity index (χ0v) is 12.9. The number of hydrogen-bond acceptors (Lipinski definition) is 5. The second-order valence-corrected chi connectivity index (χ2v) is 7.34. The van der Waals surface area contributed by atoms with Crippen molar-refractivity contribution in [2.45, 2.75) is 19.1 Å². The molecular weight excluding hydrogens is 334 g/mol.